The minimum absolute atomic E-state index is 0.00245. The lowest BCUT2D eigenvalue weighted by Gasteiger charge is -2.36. The second-order valence-corrected chi connectivity index (χ2v) is 9.42. The number of likely N-dealkylation sites (tertiary alicyclic amines) is 1. The first kappa shape index (κ1) is 23.6. The molecule has 1 heterocycles. The third-order valence-electron chi connectivity index (χ3n) is 7.23. The van der Waals surface area contributed by atoms with Crippen molar-refractivity contribution in [1.82, 2.24) is 10.4 Å². The van der Waals surface area contributed by atoms with Gasteiger partial charge in [-0.05, 0) is 32.1 Å². The summed E-state index contributed by atoms with van der Waals surface area (Å²) < 4.78 is 4.72. The van der Waals surface area contributed by atoms with E-state index < -0.39 is 22.5 Å². The summed E-state index contributed by atoms with van der Waals surface area (Å²) in [6.45, 7) is 1.94. The summed E-state index contributed by atoms with van der Waals surface area (Å²) in [5.41, 5.74) is 5.70. The lowest BCUT2D eigenvalue weighted by Crippen LogP contribution is -2.66. The number of imide groups is 2. The summed E-state index contributed by atoms with van der Waals surface area (Å²) in [6.07, 6.45) is 6.22. The zero-order valence-corrected chi connectivity index (χ0v) is 18.2. The van der Waals surface area contributed by atoms with Crippen molar-refractivity contribution in [1.29, 1.82) is 0 Å². The highest BCUT2D eigenvalue weighted by atomic mass is 16.6. The summed E-state index contributed by atoms with van der Waals surface area (Å²) >= 11 is 0. The Labute approximate surface area is 182 Å². The Morgan fingerprint density at radius 1 is 1.23 bits per heavy atom. The average Bonchev–Trinajstić information content (AvgIpc) is 3.35. The third-order valence-corrected chi connectivity index (χ3v) is 7.23. The van der Waals surface area contributed by atoms with Crippen molar-refractivity contribution in [2.24, 2.45) is 17.6 Å². The summed E-state index contributed by atoms with van der Waals surface area (Å²) in [4.78, 5) is 50.3. The van der Waals surface area contributed by atoms with Crippen LogP contribution in [0.5, 0.6) is 0 Å². The minimum Gasteiger partial charge on any atom is -0.446 e. The van der Waals surface area contributed by atoms with Gasteiger partial charge in [-0.3, -0.25) is 10.0 Å². The predicted octanol–water partition coefficient (Wildman–Crippen LogP) is 1.89. The number of carbonyl (C=O) groups is 4. The van der Waals surface area contributed by atoms with Gasteiger partial charge in [0.15, 0.2) is 0 Å². The SMILES string of the molecule is C[C@@H]1CCC[N+]1(C(=O)NC(=O)OC1CC(N)C1)C(=O)[C@H](CC1CCCC1)CN(O)C=O. The smallest absolute Gasteiger partial charge is 0.433 e. The normalized spacial score (nSPS) is 31.5. The molecule has 0 aromatic rings. The number of urea groups is 1. The molecule has 0 aromatic heterocycles. The van der Waals surface area contributed by atoms with Gasteiger partial charge >= 0.3 is 18.0 Å². The molecule has 3 rings (SSSR count). The van der Waals surface area contributed by atoms with Crippen LogP contribution in [0.2, 0.25) is 0 Å². The number of quaternary nitrogens is 1. The summed E-state index contributed by atoms with van der Waals surface area (Å²) in [6, 6.07) is -1.01. The first-order valence-corrected chi connectivity index (χ1v) is 11.4. The van der Waals surface area contributed by atoms with Gasteiger partial charge in [-0.25, -0.2) is 24.8 Å². The van der Waals surface area contributed by atoms with Crippen molar-refractivity contribution < 1.29 is 33.6 Å². The molecule has 1 unspecified atom stereocenters. The number of rotatable bonds is 7. The van der Waals surface area contributed by atoms with Gasteiger partial charge in [0.25, 0.3) is 0 Å². The van der Waals surface area contributed by atoms with Crippen LogP contribution >= 0.6 is 0 Å². The van der Waals surface area contributed by atoms with E-state index in [0.717, 1.165) is 25.7 Å². The van der Waals surface area contributed by atoms with Crippen LogP contribution in [-0.4, -0.2) is 70.5 Å². The molecule has 31 heavy (non-hydrogen) atoms. The fraction of sp³-hybridized carbons (Fsp3) is 0.810. The third kappa shape index (κ3) is 5.24. The van der Waals surface area contributed by atoms with E-state index in [0.29, 0.717) is 43.1 Å². The van der Waals surface area contributed by atoms with Crippen molar-refractivity contribution in [3.63, 3.8) is 0 Å². The van der Waals surface area contributed by atoms with Crippen LogP contribution in [0, 0.1) is 11.8 Å². The number of nitrogens with two attached hydrogens (primary N) is 1. The Morgan fingerprint density at radius 2 is 1.90 bits per heavy atom. The lowest BCUT2D eigenvalue weighted by atomic mass is 9.90. The zero-order chi connectivity index (χ0) is 22.6. The van der Waals surface area contributed by atoms with Crippen molar-refractivity contribution >= 4 is 24.4 Å². The van der Waals surface area contributed by atoms with Crippen LogP contribution in [0.15, 0.2) is 0 Å². The van der Waals surface area contributed by atoms with E-state index in [1.807, 2.05) is 6.92 Å². The van der Waals surface area contributed by atoms with E-state index in [1.165, 1.54) is 0 Å². The monoisotopic (exact) mass is 439 g/mol. The molecule has 3 atom stereocenters. The van der Waals surface area contributed by atoms with Gasteiger partial charge in [0.05, 0.1) is 19.0 Å². The van der Waals surface area contributed by atoms with E-state index in [9.17, 15) is 24.4 Å². The second kappa shape index (κ2) is 10.1. The van der Waals surface area contributed by atoms with E-state index in [1.54, 1.807) is 0 Å². The molecule has 10 nitrogen and oxygen atoms in total. The molecule has 5 amide bonds. The van der Waals surface area contributed by atoms with E-state index in [4.69, 9.17) is 10.5 Å². The number of ether oxygens (including phenoxy) is 1. The van der Waals surface area contributed by atoms with Crippen molar-refractivity contribution in [2.45, 2.75) is 82.9 Å². The van der Waals surface area contributed by atoms with Crippen LogP contribution in [0.1, 0.15) is 64.7 Å². The highest BCUT2D eigenvalue weighted by Gasteiger charge is 2.55. The second-order valence-electron chi connectivity index (χ2n) is 9.42. The number of nitrogens with one attached hydrogen (secondary N) is 1. The topological polar surface area (TPSA) is 139 Å². The van der Waals surface area contributed by atoms with Crippen molar-refractivity contribution in [3.8, 4) is 0 Å². The maximum Gasteiger partial charge on any atom is 0.433 e. The number of hydrogen-bond acceptors (Lipinski definition) is 7. The van der Waals surface area contributed by atoms with Crippen LogP contribution in [0.4, 0.5) is 9.59 Å². The Kier molecular flexibility index (Phi) is 7.66. The molecule has 1 aliphatic heterocycles. The highest BCUT2D eigenvalue weighted by Crippen LogP contribution is 2.36. The molecular weight excluding hydrogens is 404 g/mol. The van der Waals surface area contributed by atoms with Crippen LogP contribution < -0.4 is 11.1 Å². The van der Waals surface area contributed by atoms with Gasteiger partial charge in [-0.1, -0.05) is 25.7 Å². The summed E-state index contributed by atoms with van der Waals surface area (Å²) in [7, 11) is 0. The van der Waals surface area contributed by atoms with E-state index in [2.05, 4.69) is 5.32 Å². The van der Waals surface area contributed by atoms with Crippen molar-refractivity contribution in [3.05, 3.63) is 0 Å². The van der Waals surface area contributed by atoms with Gasteiger partial charge in [0, 0.05) is 18.9 Å². The highest BCUT2D eigenvalue weighted by molar-refractivity contribution is 5.93. The minimum atomic E-state index is -0.865. The molecule has 3 fully saturated rings. The molecule has 10 heteroatoms. The molecule has 4 N–H and O–H groups in total. The average molecular weight is 440 g/mol. The number of hydrogen-bond donors (Lipinski definition) is 3. The first-order chi connectivity index (χ1) is 14.8. The van der Waals surface area contributed by atoms with Gasteiger partial charge in [0.2, 0.25) is 6.41 Å². The lowest BCUT2D eigenvalue weighted by molar-refractivity contribution is -0.786. The molecule has 3 aliphatic rings. The maximum atomic E-state index is 13.8. The predicted molar refractivity (Wildman–Crippen MR) is 109 cm³/mol. The molecule has 0 radical (unpaired) electrons. The van der Waals surface area contributed by atoms with Gasteiger partial charge < -0.3 is 10.5 Å². The Hall–Kier alpha value is -2.04. The fourth-order valence-electron chi connectivity index (χ4n) is 5.37. The Bertz CT molecular complexity index is 691. The van der Waals surface area contributed by atoms with Crippen LogP contribution in [-0.2, 0) is 14.3 Å². The molecule has 1 saturated heterocycles. The molecule has 2 saturated carbocycles. The fourth-order valence-corrected chi connectivity index (χ4v) is 5.37. The quantitative estimate of drug-likeness (QED) is 0.238. The number of nitrogens with zero attached hydrogens (tertiary/aromatic N) is 2. The molecule has 0 bridgehead atoms. The Morgan fingerprint density at radius 3 is 2.45 bits per heavy atom. The summed E-state index contributed by atoms with van der Waals surface area (Å²) in [5, 5.41) is 12.5. The largest absolute Gasteiger partial charge is 0.446 e. The van der Waals surface area contributed by atoms with Gasteiger partial charge in [0.1, 0.15) is 12.1 Å². The zero-order valence-electron chi connectivity index (χ0n) is 18.2. The van der Waals surface area contributed by atoms with Crippen LogP contribution in [0.25, 0.3) is 0 Å². The van der Waals surface area contributed by atoms with E-state index >= 15 is 0 Å². The van der Waals surface area contributed by atoms with Gasteiger partial charge in [-0.2, -0.15) is 4.48 Å². The Balaban J connectivity index is 1.75. The molecule has 0 spiro atoms. The molecule has 0 aromatic carbocycles. The number of amides is 5. The number of hydroxylamine groups is 2. The number of alkyl carbamates (subject to hydrolysis) is 1. The van der Waals surface area contributed by atoms with Gasteiger partial charge in [-0.15, -0.1) is 0 Å². The molecule has 2 aliphatic carbocycles. The maximum absolute atomic E-state index is 13.8. The van der Waals surface area contributed by atoms with Crippen molar-refractivity contribution in [2.75, 3.05) is 13.1 Å². The molecule has 174 valence electrons. The van der Waals surface area contributed by atoms with Crippen LogP contribution in [0.3, 0.4) is 0 Å². The first-order valence-electron chi connectivity index (χ1n) is 11.4. The standard InChI is InChI=1S/C21H34N4O6/c1-14-5-4-8-25(14,20(28)23-21(29)31-18-10-17(22)11-18)19(27)16(12-24(30)13-26)9-15-6-2-3-7-15/h13-18,30H,2-12,22H2,1H3/p+1/t14-,16-,17?,18?,25?/m1/s1. The number of carbonyl (C=O) groups excluding carboxylic acids is 4. The van der Waals surface area contributed by atoms with E-state index in [-0.39, 0.29) is 43.6 Å². The molecular formula is C21H35N4O6+. The summed E-state index contributed by atoms with van der Waals surface area (Å²) in [5.74, 6) is -0.721.